The minimum Gasteiger partial charge on any atom is -0.508 e. The summed E-state index contributed by atoms with van der Waals surface area (Å²) in [5, 5.41) is 20.0. The number of terminal acetylenes is 1. The van der Waals surface area contributed by atoms with Crippen LogP contribution < -0.4 is 0 Å². The van der Waals surface area contributed by atoms with E-state index in [-0.39, 0.29) is 5.41 Å². The fourth-order valence-corrected chi connectivity index (χ4v) is 5.82. The first-order chi connectivity index (χ1) is 13.4. The van der Waals surface area contributed by atoms with Crippen molar-refractivity contribution in [2.75, 3.05) is 0 Å². The average Bonchev–Trinajstić information content (AvgIpc) is 2.93. The Labute approximate surface area is 174 Å². The van der Waals surface area contributed by atoms with E-state index in [4.69, 9.17) is 11.0 Å². The van der Waals surface area contributed by atoms with Crippen molar-refractivity contribution < 1.29 is 23.2 Å². The molecule has 0 unspecified atom stereocenters. The van der Waals surface area contributed by atoms with Crippen LogP contribution in [0.1, 0.15) is 69.9 Å². The van der Waals surface area contributed by atoms with Crippen molar-refractivity contribution in [1.82, 2.24) is 0 Å². The van der Waals surface area contributed by atoms with Crippen molar-refractivity contribution in [3.8, 4) is 18.1 Å². The Morgan fingerprint density at radius 3 is 2.45 bits per heavy atom. The largest absolute Gasteiger partial charge is 0.508 e. The van der Waals surface area contributed by atoms with Gasteiger partial charge in [-0.25, -0.2) is 0 Å². The number of benzene rings is 1. The molecule has 0 radical (unpaired) electrons. The molecule has 1 aromatic carbocycles. The lowest BCUT2D eigenvalue weighted by Crippen LogP contribution is -2.50. The fourth-order valence-electron chi connectivity index (χ4n) is 5.82. The van der Waals surface area contributed by atoms with Crippen LogP contribution in [0.4, 0.5) is 0 Å². The lowest BCUT2D eigenvalue weighted by molar-refractivity contribution is -0.0646. The van der Waals surface area contributed by atoms with E-state index in [1.54, 1.807) is 0 Å². The van der Waals surface area contributed by atoms with Gasteiger partial charge in [0.25, 0.3) is 10.1 Å². The van der Waals surface area contributed by atoms with Crippen molar-refractivity contribution >= 4 is 10.1 Å². The van der Waals surface area contributed by atoms with E-state index in [1.165, 1.54) is 25.0 Å². The highest BCUT2D eigenvalue weighted by Crippen LogP contribution is 2.64. The molecule has 3 aliphatic carbocycles. The Balaban J connectivity index is 0.000000298. The summed E-state index contributed by atoms with van der Waals surface area (Å²) >= 11 is 0. The number of aromatic hydroxyl groups is 1. The number of phenols is 1. The van der Waals surface area contributed by atoms with Crippen molar-refractivity contribution in [2.45, 2.75) is 76.1 Å². The zero-order valence-corrected chi connectivity index (χ0v) is 18.2. The average molecular weight is 421 g/mol. The number of fused-ring (bicyclic) bond motifs is 5. The second kappa shape index (κ2) is 7.61. The molecule has 29 heavy (non-hydrogen) atoms. The van der Waals surface area contributed by atoms with Gasteiger partial charge >= 0.3 is 0 Å². The lowest BCUT2D eigenvalue weighted by atomic mass is 9.53. The second-order valence-corrected chi connectivity index (χ2v) is 11.3. The van der Waals surface area contributed by atoms with Gasteiger partial charge in [-0.3, -0.25) is 4.55 Å². The maximum Gasteiger partial charge on any atom is 0.267 e. The molecule has 2 saturated carbocycles. The maximum atomic E-state index is 10.9. The van der Waals surface area contributed by atoms with Crippen molar-refractivity contribution in [2.24, 2.45) is 17.3 Å². The van der Waals surface area contributed by atoms with E-state index in [0.29, 0.717) is 23.5 Å². The van der Waals surface area contributed by atoms with Crippen LogP contribution in [0.15, 0.2) is 18.2 Å². The monoisotopic (exact) mass is 420 g/mol. The van der Waals surface area contributed by atoms with Gasteiger partial charge in [-0.1, -0.05) is 18.9 Å². The van der Waals surface area contributed by atoms with Gasteiger partial charge in [0, 0.05) is 5.41 Å². The highest BCUT2D eigenvalue weighted by molar-refractivity contribution is 7.86. The van der Waals surface area contributed by atoms with Gasteiger partial charge in [-0.15, -0.1) is 6.42 Å². The van der Waals surface area contributed by atoms with Crippen LogP contribution in [0.5, 0.6) is 5.75 Å². The summed E-state index contributed by atoms with van der Waals surface area (Å²) in [6.45, 7) is 5.04. The summed E-state index contributed by atoms with van der Waals surface area (Å²) in [5.74, 6) is 4.82. The Morgan fingerprint density at radius 2 is 1.86 bits per heavy atom. The van der Waals surface area contributed by atoms with E-state index < -0.39 is 21.0 Å². The Kier molecular flexibility index (Phi) is 5.81. The van der Waals surface area contributed by atoms with Crippen LogP contribution >= 0.6 is 0 Å². The van der Waals surface area contributed by atoms with Crippen LogP contribution in [-0.2, 0) is 16.5 Å². The summed E-state index contributed by atoms with van der Waals surface area (Å²) in [7, 11) is -3.74. The SMILES string of the molecule is C#C[C@]1(O)CC[C@H]2[C@@H]3CCc4cc(O)ccc4[C@H]3CC[C@@]21C.CC(C)S(=O)(=O)O. The third-order valence-corrected chi connectivity index (χ3v) is 8.89. The van der Waals surface area contributed by atoms with E-state index in [9.17, 15) is 18.6 Å². The minimum atomic E-state index is -3.74. The molecule has 0 bridgehead atoms. The highest BCUT2D eigenvalue weighted by Gasteiger charge is 2.61. The van der Waals surface area contributed by atoms with E-state index >= 15 is 0 Å². The van der Waals surface area contributed by atoms with Gasteiger partial charge < -0.3 is 10.2 Å². The fraction of sp³-hybridized carbons (Fsp3) is 0.652. The summed E-state index contributed by atoms with van der Waals surface area (Å²) < 4.78 is 27.8. The normalized spacial score (nSPS) is 35.6. The Bertz CT molecular complexity index is 916. The van der Waals surface area contributed by atoms with Gasteiger partial charge in [-0.05, 0) is 93.4 Å². The Morgan fingerprint density at radius 1 is 1.21 bits per heavy atom. The molecule has 4 rings (SSSR count). The number of hydrogen-bond donors (Lipinski definition) is 3. The predicted molar refractivity (Wildman–Crippen MR) is 113 cm³/mol. The predicted octanol–water partition coefficient (Wildman–Crippen LogP) is 3.90. The van der Waals surface area contributed by atoms with E-state index in [2.05, 4.69) is 18.9 Å². The molecule has 0 aromatic heterocycles. The Hall–Kier alpha value is -1.55. The lowest BCUT2D eigenvalue weighted by Gasteiger charge is -2.52. The van der Waals surface area contributed by atoms with Crippen LogP contribution in [0.2, 0.25) is 0 Å². The molecule has 1 aromatic rings. The second-order valence-electron chi connectivity index (χ2n) is 9.36. The molecule has 5 nitrogen and oxygen atoms in total. The third kappa shape index (κ3) is 3.81. The maximum absolute atomic E-state index is 10.9. The molecule has 0 heterocycles. The topological polar surface area (TPSA) is 94.8 Å². The first-order valence-corrected chi connectivity index (χ1v) is 11.9. The standard InChI is InChI=1S/C20H24O2.C3H8O3S/c1-3-20(22)11-9-18-17-6-4-13-12-14(21)5-7-15(13)16(17)8-10-19(18,20)2;1-3(2)7(4,5)6/h1,5,7,12,16-18,21-22H,4,6,8-11H2,2H3;3H,1-2H3,(H,4,5,6)/t16-,17-,18+,19+,20+;/m1./s1. The molecule has 0 aliphatic heterocycles. The van der Waals surface area contributed by atoms with Crippen molar-refractivity contribution in [1.29, 1.82) is 0 Å². The first kappa shape index (κ1) is 22.1. The zero-order chi connectivity index (χ0) is 21.6. The third-order valence-electron chi connectivity index (χ3n) is 7.70. The van der Waals surface area contributed by atoms with Crippen molar-refractivity contribution in [3.05, 3.63) is 29.3 Å². The number of aliphatic hydroxyl groups is 1. The summed E-state index contributed by atoms with van der Waals surface area (Å²) in [5.41, 5.74) is 1.69. The molecule has 5 atom stereocenters. The molecule has 0 saturated heterocycles. The van der Waals surface area contributed by atoms with Crippen LogP contribution in [0.25, 0.3) is 0 Å². The highest BCUT2D eigenvalue weighted by atomic mass is 32.2. The zero-order valence-electron chi connectivity index (χ0n) is 17.4. The number of aryl methyl sites for hydroxylation is 1. The smallest absolute Gasteiger partial charge is 0.267 e. The number of phenolic OH excluding ortho intramolecular Hbond substituents is 1. The first-order valence-electron chi connectivity index (χ1n) is 10.4. The van der Waals surface area contributed by atoms with Crippen LogP contribution in [-0.4, -0.2) is 34.0 Å². The van der Waals surface area contributed by atoms with Gasteiger partial charge in [0.15, 0.2) is 0 Å². The van der Waals surface area contributed by atoms with E-state index in [0.717, 1.165) is 38.5 Å². The van der Waals surface area contributed by atoms with E-state index in [1.807, 2.05) is 12.1 Å². The summed E-state index contributed by atoms with van der Waals surface area (Å²) in [4.78, 5) is 0. The van der Waals surface area contributed by atoms with Gasteiger partial charge in [0.2, 0.25) is 0 Å². The number of rotatable bonds is 1. The van der Waals surface area contributed by atoms with Crippen LogP contribution in [0.3, 0.4) is 0 Å². The molecule has 160 valence electrons. The molecule has 3 aliphatic rings. The molecule has 0 amide bonds. The molecule has 3 N–H and O–H groups in total. The number of hydrogen-bond acceptors (Lipinski definition) is 4. The molecular formula is C23H32O5S. The molecule has 6 heteroatoms. The van der Waals surface area contributed by atoms with Gasteiger partial charge in [0.1, 0.15) is 11.4 Å². The van der Waals surface area contributed by atoms with Crippen molar-refractivity contribution in [3.63, 3.8) is 0 Å². The summed E-state index contributed by atoms with van der Waals surface area (Å²) in [6, 6.07) is 5.87. The minimum absolute atomic E-state index is 0.128. The van der Waals surface area contributed by atoms with Crippen LogP contribution in [0, 0.1) is 29.6 Å². The molecule has 2 fully saturated rings. The van der Waals surface area contributed by atoms with Gasteiger partial charge in [-0.2, -0.15) is 8.42 Å². The molecule has 0 spiro atoms. The quantitative estimate of drug-likeness (QED) is 0.473. The summed E-state index contributed by atoms with van der Waals surface area (Å²) in [6.07, 6.45) is 11.8. The molecular weight excluding hydrogens is 388 g/mol. The van der Waals surface area contributed by atoms with Gasteiger partial charge in [0.05, 0.1) is 5.25 Å².